The molecular weight excluding hydrogens is 248 g/mol. The van der Waals surface area contributed by atoms with Crippen molar-refractivity contribution in [2.75, 3.05) is 0 Å². The minimum absolute atomic E-state index is 0.937. The molecule has 3 heterocycles. The fourth-order valence-corrected chi connectivity index (χ4v) is 2.39. The van der Waals surface area contributed by atoms with Crippen molar-refractivity contribution in [2.24, 2.45) is 10.2 Å². The number of aromatic nitrogens is 2. The van der Waals surface area contributed by atoms with Gasteiger partial charge in [0, 0.05) is 35.9 Å². The third kappa shape index (κ3) is 1.62. The summed E-state index contributed by atoms with van der Waals surface area (Å²) in [7, 11) is 0. The Hall–Kier alpha value is -2.88. The van der Waals surface area contributed by atoms with Gasteiger partial charge in [-0.3, -0.25) is 9.97 Å². The summed E-state index contributed by atoms with van der Waals surface area (Å²) in [4.78, 5) is 8.32. The molecule has 0 N–H and O–H groups in total. The van der Waals surface area contributed by atoms with Crippen molar-refractivity contribution in [1.82, 2.24) is 9.97 Å². The third-order valence-corrected chi connectivity index (χ3v) is 3.38. The Bertz CT molecular complexity index is 810. The van der Waals surface area contributed by atoms with Crippen LogP contribution in [0.2, 0.25) is 0 Å². The minimum Gasteiger partial charge on any atom is -0.265 e. The van der Waals surface area contributed by atoms with Gasteiger partial charge in [-0.15, -0.1) is 10.2 Å². The number of hydrogen-bond donors (Lipinski definition) is 0. The van der Waals surface area contributed by atoms with E-state index < -0.39 is 0 Å². The van der Waals surface area contributed by atoms with E-state index in [1.54, 1.807) is 18.6 Å². The van der Waals surface area contributed by atoms with Crippen molar-refractivity contribution >= 4 is 11.4 Å². The maximum absolute atomic E-state index is 4.25. The van der Waals surface area contributed by atoms with Crippen molar-refractivity contribution in [3.8, 4) is 22.3 Å². The van der Waals surface area contributed by atoms with Crippen molar-refractivity contribution in [3.63, 3.8) is 0 Å². The number of benzene rings is 1. The van der Waals surface area contributed by atoms with Gasteiger partial charge in [0.1, 0.15) is 11.4 Å². The Morgan fingerprint density at radius 3 is 2.30 bits per heavy atom. The van der Waals surface area contributed by atoms with E-state index >= 15 is 0 Å². The lowest BCUT2D eigenvalue weighted by molar-refractivity contribution is 1.14. The average Bonchev–Trinajstić information content (AvgIpc) is 2.49. The van der Waals surface area contributed by atoms with Crippen LogP contribution in [0.3, 0.4) is 0 Å². The molecule has 0 atom stereocenters. The number of rotatable bonds is 2. The topological polar surface area (TPSA) is 50.5 Å². The van der Waals surface area contributed by atoms with Gasteiger partial charge >= 0.3 is 0 Å². The van der Waals surface area contributed by atoms with Crippen LogP contribution in [0.1, 0.15) is 0 Å². The van der Waals surface area contributed by atoms with E-state index in [9.17, 15) is 0 Å². The first-order chi connectivity index (χ1) is 9.93. The molecule has 3 aromatic rings. The second-order valence-electron chi connectivity index (χ2n) is 4.53. The summed E-state index contributed by atoms with van der Waals surface area (Å²) in [5, 5.41) is 8.14. The first-order valence-corrected chi connectivity index (χ1v) is 6.33. The molecule has 0 aliphatic carbocycles. The molecule has 0 bridgehead atoms. The lowest BCUT2D eigenvalue weighted by Gasteiger charge is -2.15. The number of fused-ring (bicyclic) bond motifs is 1. The maximum Gasteiger partial charge on any atom is 0.121 e. The quantitative estimate of drug-likeness (QED) is 0.530. The molecule has 20 heavy (non-hydrogen) atoms. The van der Waals surface area contributed by atoms with Gasteiger partial charge in [-0.25, -0.2) is 0 Å². The van der Waals surface area contributed by atoms with Crippen molar-refractivity contribution in [2.45, 2.75) is 0 Å². The molecular formula is C16H10N4. The lowest BCUT2D eigenvalue weighted by Crippen LogP contribution is -1.89. The molecule has 0 amide bonds. The first-order valence-electron chi connectivity index (χ1n) is 6.33. The third-order valence-electron chi connectivity index (χ3n) is 3.38. The van der Waals surface area contributed by atoms with Crippen molar-refractivity contribution in [1.29, 1.82) is 0 Å². The molecule has 4 nitrogen and oxygen atoms in total. The van der Waals surface area contributed by atoms with Gasteiger partial charge in [0.15, 0.2) is 0 Å². The Morgan fingerprint density at radius 2 is 1.50 bits per heavy atom. The molecule has 0 saturated carbocycles. The van der Waals surface area contributed by atoms with Gasteiger partial charge in [0.25, 0.3) is 0 Å². The van der Waals surface area contributed by atoms with Crippen LogP contribution in [-0.4, -0.2) is 9.97 Å². The SMILES string of the molecule is c1cc2c(c(-c3cnccc3-c3ccncc3)c1)N=N2. The molecule has 94 valence electrons. The molecule has 2 aromatic heterocycles. The predicted molar refractivity (Wildman–Crippen MR) is 77.1 cm³/mol. The van der Waals surface area contributed by atoms with Crippen molar-refractivity contribution in [3.05, 3.63) is 61.2 Å². The summed E-state index contributed by atoms with van der Waals surface area (Å²) in [5.41, 5.74) is 6.25. The largest absolute Gasteiger partial charge is 0.265 e. The highest BCUT2D eigenvalue weighted by molar-refractivity contribution is 5.92. The van der Waals surface area contributed by atoms with Crippen LogP contribution in [-0.2, 0) is 0 Å². The molecule has 0 unspecified atom stereocenters. The summed E-state index contributed by atoms with van der Waals surface area (Å²) >= 11 is 0. The highest BCUT2D eigenvalue weighted by Gasteiger charge is 2.18. The Labute approximate surface area is 115 Å². The second kappa shape index (κ2) is 4.35. The van der Waals surface area contributed by atoms with E-state index in [1.165, 1.54) is 0 Å². The zero-order chi connectivity index (χ0) is 13.4. The fraction of sp³-hybridized carbons (Fsp3) is 0. The molecule has 4 rings (SSSR count). The number of hydrogen-bond acceptors (Lipinski definition) is 4. The molecule has 1 aliphatic rings. The van der Waals surface area contributed by atoms with Gasteiger partial charge in [-0.2, -0.15) is 0 Å². The number of pyridine rings is 2. The molecule has 0 radical (unpaired) electrons. The van der Waals surface area contributed by atoms with Gasteiger partial charge in [0.2, 0.25) is 0 Å². The van der Waals surface area contributed by atoms with Crippen LogP contribution in [0.25, 0.3) is 22.3 Å². The van der Waals surface area contributed by atoms with Gasteiger partial charge in [0.05, 0.1) is 0 Å². The second-order valence-corrected chi connectivity index (χ2v) is 4.53. The molecule has 0 saturated heterocycles. The summed E-state index contributed by atoms with van der Waals surface area (Å²) in [6.07, 6.45) is 7.26. The fourth-order valence-electron chi connectivity index (χ4n) is 2.39. The van der Waals surface area contributed by atoms with Crippen LogP contribution in [0, 0.1) is 0 Å². The first kappa shape index (κ1) is 11.0. The summed E-state index contributed by atoms with van der Waals surface area (Å²) in [6, 6.07) is 12.0. The average molecular weight is 258 g/mol. The van der Waals surface area contributed by atoms with Crippen LogP contribution in [0.4, 0.5) is 11.4 Å². The Kier molecular flexibility index (Phi) is 2.39. The summed E-state index contributed by atoms with van der Waals surface area (Å²) in [5.74, 6) is 0. The Morgan fingerprint density at radius 1 is 0.650 bits per heavy atom. The van der Waals surface area contributed by atoms with Crippen molar-refractivity contribution < 1.29 is 0 Å². The smallest absolute Gasteiger partial charge is 0.121 e. The zero-order valence-corrected chi connectivity index (χ0v) is 10.6. The number of azo groups is 1. The van der Waals surface area contributed by atoms with E-state index in [1.807, 2.05) is 36.5 Å². The van der Waals surface area contributed by atoms with Crippen LogP contribution in [0.15, 0.2) is 71.4 Å². The highest BCUT2D eigenvalue weighted by Crippen LogP contribution is 2.46. The van der Waals surface area contributed by atoms with Gasteiger partial charge in [-0.05, 0) is 35.4 Å². The molecule has 0 fully saturated rings. The molecule has 0 spiro atoms. The molecule has 1 aliphatic heterocycles. The van der Waals surface area contributed by atoms with Crippen LogP contribution < -0.4 is 0 Å². The highest BCUT2D eigenvalue weighted by atomic mass is 15.2. The van der Waals surface area contributed by atoms with E-state index in [2.05, 4.69) is 26.3 Å². The molecule has 4 heteroatoms. The Balaban J connectivity index is 1.94. The van der Waals surface area contributed by atoms with E-state index in [0.717, 1.165) is 33.6 Å². The minimum atomic E-state index is 0.937. The summed E-state index contributed by atoms with van der Waals surface area (Å²) in [6.45, 7) is 0. The monoisotopic (exact) mass is 258 g/mol. The van der Waals surface area contributed by atoms with Gasteiger partial charge < -0.3 is 0 Å². The van der Waals surface area contributed by atoms with E-state index in [4.69, 9.17) is 0 Å². The van der Waals surface area contributed by atoms with Gasteiger partial charge in [-0.1, -0.05) is 12.1 Å². The predicted octanol–water partition coefficient (Wildman–Crippen LogP) is 4.54. The lowest BCUT2D eigenvalue weighted by atomic mass is 9.95. The van der Waals surface area contributed by atoms with E-state index in [-0.39, 0.29) is 0 Å². The van der Waals surface area contributed by atoms with Crippen LogP contribution in [0.5, 0.6) is 0 Å². The van der Waals surface area contributed by atoms with Crippen LogP contribution >= 0.6 is 0 Å². The molecule has 1 aromatic carbocycles. The standard InChI is InChI=1S/C16H10N4/c1-2-13(16-15(3-1)19-20-16)14-10-18-9-6-12(14)11-4-7-17-8-5-11/h1-10H. The maximum atomic E-state index is 4.25. The summed E-state index contributed by atoms with van der Waals surface area (Å²) < 4.78 is 0. The number of nitrogens with zero attached hydrogens (tertiary/aromatic N) is 4. The zero-order valence-electron chi connectivity index (χ0n) is 10.6. The normalized spacial score (nSPS) is 11.8. The van der Waals surface area contributed by atoms with E-state index in [0.29, 0.717) is 0 Å².